The number of pyridine rings is 1. The molecule has 1 unspecified atom stereocenters. The number of carbonyl (C=O) groups is 1. The van der Waals surface area contributed by atoms with Crippen LogP contribution >= 0.6 is 11.6 Å². The maximum Gasteiger partial charge on any atom is 0.433 e. The van der Waals surface area contributed by atoms with Crippen molar-refractivity contribution in [1.82, 2.24) is 4.98 Å². The van der Waals surface area contributed by atoms with Crippen molar-refractivity contribution < 1.29 is 30.8 Å². The molecule has 0 spiro atoms. The van der Waals surface area contributed by atoms with Crippen LogP contribution in [0, 0.1) is 17.1 Å². The molecule has 34 heavy (non-hydrogen) atoms. The van der Waals surface area contributed by atoms with Gasteiger partial charge in [-0.05, 0) is 54.1 Å². The quantitative estimate of drug-likeness (QED) is 0.372. The number of nitrogens with one attached hydrogen (secondary N) is 1. The molecule has 1 N–H and O–H groups in total. The molecule has 1 atom stereocenters. The Morgan fingerprint density at radius 3 is 2.32 bits per heavy atom. The Balaban J connectivity index is 1.97. The number of rotatable bonds is 6. The van der Waals surface area contributed by atoms with Gasteiger partial charge in [0.2, 0.25) is 5.91 Å². The minimum Gasteiger partial charge on any atom is -0.325 e. The van der Waals surface area contributed by atoms with Crippen LogP contribution in [0.15, 0.2) is 65.7 Å². The van der Waals surface area contributed by atoms with Crippen molar-refractivity contribution >= 4 is 33.0 Å². The van der Waals surface area contributed by atoms with Gasteiger partial charge in [0.1, 0.15) is 17.6 Å². The van der Waals surface area contributed by atoms with Gasteiger partial charge in [-0.25, -0.2) is 12.8 Å². The molecule has 3 rings (SSSR count). The highest BCUT2D eigenvalue weighted by Gasteiger charge is 2.34. The van der Waals surface area contributed by atoms with E-state index in [2.05, 4.69) is 10.3 Å². The van der Waals surface area contributed by atoms with Gasteiger partial charge in [-0.2, -0.15) is 18.4 Å². The van der Waals surface area contributed by atoms with Crippen LogP contribution in [0.5, 0.6) is 0 Å². The smallest absolute Gasteiger partial charge is 0.325 e. The number of alkyl halides is 3. The normalized spacial score (nSPS) is 12.6. The number of carbonyl (C=O) groups excluding carboxylic acids is 1. The predicted octanol–water partition coefficient (Wildman–Crippen LogP) is 4.96. The number of halogens is 5. The highest BCUT2D eigenvalue weighted by Crippen LogP contribution is 2.30. The molecule has 176 valence electrons. The SMILES string of the molecule is N#Cc1ccc(NC(=O)C(CS(=O)(=O)c2ccc(F)cc2)c2ccc(C(F)(F)F)nc2)cc1Cl. The fraction of sp³-hybridized carbons (Fsp3) is 0.136. The van der Waals surface area contributed by atoms with Crippen molar-refractivity contribution in [2.45, 2.75) is 17.0 Å². The van der Waals surface area contributed by atoms with E-state index in [0.717, 1.165) is 36.5 Å². The van der Waals surface area contributed by atoms with Crippen LogP contribution in [0.1, 0.15) is 22.7 Å². The van der Waals surface area contributed by atoms with E-state index >= 15 is 0 Å². The fourth-order valence-corrected chi connectivity index (χ4v) is 4.72. The molecule has 2 aromatic carbocycles. The van der Waals surface area contributed by atoms with Crippen LogP contribution in [0.25, 0.3) is 0 Å². The zero-order chi connectivity index (χ0) is 25.1. The Morgan fingerprint density at radius 2 is 1.79 bits per heavy atom. The Hall–Kier alpha value is -3.49. The molecule has 0 radical (unpaired) electrons. The van der Waals surface area contributed by atoms with Gasteiger partial charge < -0.3 is 5.32 Å². The summed E-state index contributed by atoms with van der Waals surface area (Å²) in [5, 5.41) is 11.4. The Morgan fingerprint density at radius 1 is 1.12 bits per heavy atom. The zero-order valence-corrected chi connectivity index (χ0v) is 18.5. The highest BCUT2D eigenvalue weighted by atomic mass is 35.5. The summed E-state index contributed by atoms with van der Waals surface area (Å²) in [6, 6.07) is 11.3. The van der Waals surface area contributed by atoms with Crippen LogP contribution in [0.2, 0.25) is 5.02 Å². The second kappa shape index (κ2) is 9.79. The van der Waals surface area contributed by atoms with E-state index < -0.39 is 45.1 Å². The lowest BCUT2D eigenvalue weighted by atomic mass is 10.0. The largest absolute Gasteiger partial charge is 0.433 e. The standard InChI is InChI=1S/C22H14ClF4N3O3S/c23-19-9-16(5-1-13(19)10-28)30-21(31)18(14-2-8-20(29-11-14)22(25,26)27)12-34(32,33)17-6-3-15(24)4-7-17/h1-9,11,18H,12H2,(H,30,31). The van der Waals surface area contributed by atoms with Crippen molar-refractivity contribution in [3.8, 4) is 6.07 Å². The molecule has 3 aromatic rings. The molecule has 0 aliphatic heterocycles. The van der Waals surface area contributed by atoms with Gasteiger partial charge in [-0.3, -0.25) is 9.78 Å². The van der Waals surface area contributed by atoms with Crippen LogP contribution in [-0.4, -0.2) is 25.1 Å². The van der Waals surface area contributed by atoms with E-state index in [9.17, 15) is 30.8 Å². The molecule has 1 heterocycles. The van der Waals surface area contributed by atoms with Gasteiger partial charge in [-0.1, -0.05) is 17.7 Å². The summed E-state index contributed by atoms with van der Waals surface area (Å²) in [4.78, 5) is 16.1. The first-order valence-corrected chi connectivity index (χ1v) is 11.5. The molecular formula is C22H14ClF4N3O3S. The van der Waals surface area contributed by atoms with E-state index in [1.807, 2.05) is 6.07 Å². The van der Waals surface area contributed by atoms with E-state index in [0.29, 0.717) is 6.07 Å². The van der Waals surface area contributed by atoms with E-state index in [-0.39, 0.29) is 26.7 Å². The van der Waals surface area contributed by atoms with Crippen molar-refractivity contribution in [3.05, 3.63) is 88.5 Å². The van der Waals surface area contributed by atoms with Crippen molar-refractivity contribution in [1.29, 1.82) is 5.26 Å². The van der Waals surface area contributed by atoms with Crippen molar-refractivity contribution in [3.63, 3.8) is 0 Å². The summed E-state index contributed by atoms with van der Waals surface area (Å²) in [7, 11) is -4.17. The number of nitrogens with zero attached hydrogens (tertiary/aromatic N) is 2. The van der Waals surface area contributed by atoms with E-state index in [4.69, 9.17) is 16.9 Å². The first kappa shape index (κ1) is 25.1. The lowest BCUT2D eigenvalue weighted by Crippen LogP contribution is -2.28. The van der Waals surface area contributed by atoms with Crippen LogP contribution in [0.3, 0.4) is 0 Å². The average Bonchev–Trinajstić information content (AvgIpc) is 2.77. The van der Waals surface area contributed by atoms with Gasteiger partial charge in [0.05, 0.1) is 27.2 Å². The summed E-state index contributed by atoms with van der Waals surface area (Å²) >= 11 is 5.95. The molecular weight excluding hydrogens is 498 g/mol. The van der Waals surface area contributed by atoms with Gasteiger partial charge in [0.15, 0.2) is 9.84 Å². The Labute approximate surface area is 196 Å². The summed E-state index contributed by atoms with van der Waals surface area (Å²) in [6.45, 7) is 0. The van der Waals surface area contributed by atoms with Gasteiger partial charge in [0, 0.05) is 11.9 Å². The van der Waals surface area contributed by atoms with E-state index in [1.165, 1.54) is 18.2 Å². The fourth-order valence-electron chi connectivity index (χ4n) is 2.97. The Kier molecular flexibility index (Phi) is 7.24. The van der Waals surface area contributed by atoms with Gasteiger partial charge in [-0.15, -0.1) is 0 Å². The van der Waals surface area contributed by atoms with Crippen LogP contribution in [0.4, 0.5) is 23.2 Å². The van der Waals surface area contributed by atoms with E-state index in [1.54, 1.807) is 0 Å². The second-order valence-corrected chi connectivity index (χ2v) is 9.50. The first-order valence-electron chi connectivity index (χ1n) is 9.42. The minimum absolute atomic E-state index is 0.0342. The second-order valence-electron chi connectivity index (χ2n) is 7.06. The third-order valence-corrected chi connectivity index (χ3v) is 6.79. The molecule has 6 nitrogen and oxygen atoms in total. The van der Waals surface area contributed by atoms with Crippen LogP contribution < -0.4 is 5.32 Å². The number of anilines is 1. The lowest BCUT2D eigenvalue weighted by molar-refractivity contribution is -0.141. The molecule has 1 aromatic heterocycles. The molecule has 0 aliphatic carbocycles. The number of amides is 1. The molecule has 12 heteroatoms. The monoisotopic (exact) mass is 511 g/mol. The molecule has 0 aliphatic rings. The molecule has 1 amide bonds. The zero-order valence-electron chi connectivity index (χ0n) is 17.0. The maximum absolute atomic E-state index is 13.2. The number of sulfone groups is 1. The topological polar surface area (TPSA) is 99.9 Å². The van der Waals surface area contributed by atoms with Crippen LogP contribution in [-0.2, 0) is 20.8 Å². The summed E-state index contributed by atoms with van der Waals surface area (Å²) in [6.07, 6.45) is -3.95. The number of benzene rings is 2. The lowest BCUT2D eigenvalue weighted by Gasteiger charge is -2.18. The third kappa shape index (κ3) is 5.89. The number of aromatic nitrogens is 1. The maximum atomic E-state index is 13.2. The van der Waals surface area contributed by atoms with Crippen molar-refractivity contribution in [2.24, 2.45) is 0 Å². The van der Waals surface area contributed by atoms with Crippen molar-refractivity contribution in [2.75, 3.05) is 11.1 Å². The Bertz CT molecular complexity index is 1350. The number of hydrogen-bond acceptors (Lipinski definition) is 5. The number of nitriles is 1. The highest BCUT2D eigenvalue weighted by molar-refractivity contribution is 7.91. The first-order chi connectivity index (χ1) is 15.9. The third-order valence-electron chi connectivity index (χ3n) is 4.71. The van der Waals surface area contributed by atoms with Gasteiger partial charge in [0.25, 0.3) is 0 Å². The summed E-state index contributed by atoms with van der Waals surface area (Å²) < 4.78 is 77.6. The minimum atomic E-state index is -4.73. The predicted molar refractivity (Wildman–Crippen MR) is 115 cm³/mol. The number of hydrogen-bond donors (Lipinski definition) is 1. The van der Waals surface area contributed by atoms with Gasteiger partial charge >= 0.3 is 6.18 Å². The molecule has 0 saturated carbocycles. The summed E-state index contributed by atoms with van der Waals surface area (Å²) in [5.74, 6) is -3.84. The molecule has 0 fully saturated rings. The average molecular weight is 512 g/mol. The molecule has 0 bridgehead atoms. The molecule has 0 saturated heterocycles. The summed E-state index contributed by atoms with van der Waals surface area (Å²) in [5.41, 5.74) is -1.02.